The normalized spacial score (nSPS) is 11.1. The van der Waals surface area contributed by atoms with E-state index in [-0.39, 0.29) is 0 Å². The van der Waals surface area contributed by atoms with E-state index in [0.717, 1.165) is 0 Å². The Morgan fingerprint density at radius 3 is 1.33 bits per heavy atom. The zero-order valence-corrected chi connectivity index (χ0v) is 16.5. The van der Waals surface area contributed by atoms with Crippen molar-refractivity contribution in [3.63, 3.8) is 0 Å². The lowest BCUT2D eigenvalue weighted by Gasteiger charge is -2.06. The molecular formula is C23H41N. The van der Waals surface area contributed by atoms with Crippen molar-refractivity contribution in [1.82, 2.24) is 4.98 Å². The highest BCUT2D eigenvalue weighted by Crippen LogP contribution is 2.14. The van der Waals surface area contributed by atoms with E-state index in [1.807, 2.05) is 0 Å². The van der Waals surface area contributed by atoms with Crippen molar-refractivity contribution in [1.29, 1.82) is 0 Å². The summed E-state index contributed by atoms with van der Waals surface area (Å²) in [7, 11) is 0. The van der Waals surface area contributed by atoms with Gasteiger partial charge in [-0.15, -0.1) is 0 Å². The molecule has 1 heteroatoms. The molecule has 0 saturated carbocycles. The molecule has 0 spiro atoms. The third-order valence-corrected chi connectivity index (χ3v) is 4.99. The molecule has 24 heavy (non-hydrogen) atoms. The number of pyridine rings is 1. The van der Waals surface area contributed by atoms with Gasteiger partial charge in [0.1, 0.15) is 0 Å². The molecule has 0 atom stereocenters. The Labute approximate surface area is 151 Å². The van der Waals surface area contributed by atoms with E-state index in [2.05, 4.69) is 37.3 Å². The number of unbranched alkanes of at least 4 members (excludes halogenated alkanes) is 12. The first-order valence-electron chi connectivity index (χ1n) is 10.8. The van der Waals surface area contributed by atoms with Crippen LogP contribution in [0.25, 0.3) is 0 Å². The minimum Gasteiger partial charge on any atom is -0.264 e. The summed E-state index contributed by atoms with van der Waals surface area (Å²) in [6.45, 7) is 4.57. The summed E-state index contributed by atoms with van der Waals surface area (Å²) < 4.78 is 0. The Hall–Kier alpha value is -0.850. The zero-order valence-electron chi connectivity index (χ0n) is 16.5. The molecule has 0 aliphatic carbocycles. The third-order valence-electron chi connectivity index (χ3n) is 4.99. The fourth-order valence-corrected chi connectivity index (χ4v) is 3.39. The van der Waals surface area contributed by atoms with Gasteiger partial charge in [0.2, 0.25) is 0 Å². The monoisotopic (exact) mass is 331 g/mol. The van der Waals surface area contributed by atoms with Crippen molar-refractivity contribution in [3.05, 3.63) is 29.6 Å². The first-order chi connectivity index (χ1) is 11.9. The molecule has 0 aliphatic rings. The Morgan fingerprint density at radius 2 is 0.917 bits per heavy atom. The smallest absolute Gasteiger partial charge is 0.0300 e. The summed E-state index contributed by atoms with van der Waals surface area (Å²) in [6.07, 6.45) is 26.0. The quantitative estimate of drug-likeness (QED) is 0.283. The van der Waals surface area contributed by atoms with Crippen LogP contribution >= 0.6 is 0 Å². The summed E-state index contributed by atoms with van der Waals surface area (Å²) in [6, 6.07) is 2.40. The number of rotatable bonds is 16. The van der Waals surface area contributed by atoms with Crippen LogP contribution in [-0.4, -0.2) is 4.98 Å². The maximum absolute atomic E-state index is 4.46. The van der Waals surface area contributed by atoms with Gasteiger partial charge in [0.05, 0.1) is 0 Å². The van der Waals surface area contributed by atoms with Crippen LogP contribution in [-0.2, 0) is 12.8 Å². The van der Waals surface area contributed by atoms with Crippen LogP contribution in [0.3, 0.4) is 0 Å². The number of aromatic nitrogens is 1. The molecule has 1 rings (SSSR count). The summed E-state index contributed by atoms with van der Waals surface area (Å²) in [4.78, 5) is 4.46. The Balaban J connectivity index is 2.08. The van der Waals surface area contributed by atoms with Crippen LogP contribution in [0.5, 0.6) is 0 Å². The standard InChI is InChI=1S/C23H41N/c1-3-5-7-9-11-13-15-17-22-19-23(21-24-20-22)18-16-14-12-10-8-6-4-2/h19-21H,3-18H2,1-2H3. The Bertz CT molecular complexity index is 352. The van der Waals surface area contributed by atoms with Crippen LogP contribution < -0.4 is 0 Å². The first-order valence-corrected chi connectivity index (χ1v) is 10.8. The van der Waals surface area contributed by atoms with Crippen LogP contribution in [0.1, 0.15) is 115 Å². The van der Waals surface area contributed by atoms with Gasteiger partial charge in [-0.3, -0.25) is 4.98 Å². The molecule has 0 saturated heterocycles. The minimum absolute atomic E-state index is 1.21. The lowest BCUT2D eigenvalue weighted by molar-refractivity contribution is 0.586. The molecule has 0 aromatic carbocycles. The second kappa shape index (κ2) is 15.7. The average Bonchev–Trinajstić information content (AvgIpc) is 2.60. The Morgan fingerprint density at radius 1 is 0.542 bits per heavy atom. The fourth-order valence-electron chi connectivity index (χ4n) is 3.39. The van der Waals surface area contributed by atoms with E-state index in [1.165, 1.54) is 114 Å². The number of nitrogens with zero attached hydrogens (tertiary/aromatic N) is 1. The van der Waals surface area contributed by atoms with E-state index in [1.54, 1.807) is 0 Å². The molecule has 0 unspecified atom stereocenters. The first kappa shape index (κ1) is 21.2. The van der Waals surface area contributed by atoms with Crippen molar-refractivity contribution in [2.45, 2.75) is 117 Å². The van der Waals surface area contributed by atoms with E-state index >= 15 is 0 Å². The van der Waals surface area contributed by atoms with Gasteiger partial charge in [0, 0.05) is 12.4 Å². The third kappa shape index (κ3) is 11.6. The van der Waals surface area contributed by atoms with Crippen molar-refractivity contribution in [2.24, 2.45) is 0 Å². The Kier molecular flexibility index (Phi) is 13.8. The van der Waals surface area contributed by atoms with Crippen LogP contribution in [0.15, 0.2) is 18.5 Å². The highest BCUT2D eigenvalue weighted by atomic mass is 14.6. The van der Waals surface area contributed by atoms with Gasteiger partial charge in [-0.05, 0) is 36.8 Å². The summed E-state index contributed by atoms with van der Waals surface area (Å²) in [5, 5.41) is 0. The highest BCUT2D eigenvalue weighted by molar-refractivity contribution is 5.18. The largest absolute Gasteiger partial charge is 0.264 e. The minimum atomic E-state index is 1.21. The molecule has 1 nitrogen and oxygen atoms in total. The second-order valence-corrected chi connectivity index (χ2v) is 7.44. The summed E-state index contributed by atoms with van der Waals surface area (Å²) in [5.41, 5.74) is 2.90. The molecule has 0 aliphatic heterocycles. The van der Waals surface area contributed by atoms with Gasteiger partial charge in [-0.1, -0.05) is 97.0 Å². The zero-order chi connectivity index (χ0) is 17.3. The lowest BCUT2D eigenvalue weighted by atomic mass is 10.0. The fraction of sp³-hybridized carbons (Fsp3) is 0.783. The highest BCUT2D eigenvalue weighted by Gasteiger charge is 1.99. The summed E-state index contributed by atoms with van der Waals surface area (Å²) in [5.74, 6) is 0. The topological polar surface area (TPSA) is 12.9 Å². The molecule has 138 valence electrons. The lowest BCUT2D eigenvalue weighted by Crippen LogP contribution is -1.93. The van der Waals surface area contributed by atoms with Gasteiger partial charge in [0.15, 0.2) is 0 Å². The SMILES string of the molecule is CCCCCCCCCc1cncc(CCCCCCCCC)c1. The molecular weight excluding hydrogens is 290 g/mol. The van der Waals surface area contributed by atoms with Crippen molar-refractivity contribution >= 4 is 0 Å². The van der Waals surface area contributed by atoms with E-state index < -0.39 is 0 Å². The predicted octanol–water partition coefficient (Wildman–Crippen LogP) is 7.67. The van der Waals surface area contributed by atoms with Crippen LogP contribution in [0, 0.1) is 0 Å². The molecule has 0 bridgehead atoms. The van der Waals surface area contributed by atoms with Crippen molar-refractivity contribution < 1.29 is 0 Å². The van der Waals surface area contributed by atoms with E-state index in [4.69, 9.17) is 0 Å². The molecule has 0 amide bonds. The molecule has 0 radical (unpaired) electrons. The van der Waals surface area contributed by atoms with Crippen molar-refractivity contribution in [3.8, 4) is 0 Å². The van der Waals surface area contributed by atoms with Gasteiger partial charge in [0.25, 0.3) is 0 Å². The number of hydrogen-bond acceptors (Lipinski definition) is 1. The van der Waals surface area contributed by atoms with Gasteiger partial charge in [-0.25, -0.2) is 0 Å². The van der Waals surface area contributed by atoms with Crippen LogP contribution in [0.2, 0.25) is 0 Å². The average molecular weight is 332 g/mol. The van der Waals surface area contributed by atoms with E-state index in [9.17, 15) is 0 Å². The summed E-state index contributed by atoms with van der Waals surface area (Å²) >= 11 is 0. The number of aryl methyl sites for hydroxylation is 2. The molecule has 0 fully saturated rings. The molecule has 1 aromatic heterocycles. The molecule has 0 N–H and O–H groups in total. The molecule has 1 aromatic rings. The van der Waals surface area contributed by atoms with Crippen molar-refractivity contribution in [2.75, 3.05) is 0 Å². The van der Waals surface area contributed by atoms with E-state index in [0.29, 0.717) is 0 Å². The van der Waals surface area contributed by atoms with Gasteiger partial charge in [-0.2, -0.15) is 0 Å². The van der Waals surface area contributed by atoms with Crippen LogP contribution in [0.4, 0.5) is 0 Å². The maximum atomic E-state index is 4.46. The van der Waals surface area contributed by atoms with Gasteiger partial charge >= 0.3 is 0 Å². The maximum Gasteiger partial charge on any atom is 0.0300 e. The second-order valence-electron chi connectivity index (χ2n) is 7.44. The van der Waals surface area contributed by atoms with Gasteiger partial charge < -0.3 is 0 Å². The predicted molar refractivity (Wildman–Crippen MR) is 108 cm³/mol. The number of hydrogen-bond donors (Lipinski definition) is 0. The molecule has 1 heterocycles.